The summed E-state index contributed by atoms with van der Waals surface area (Å²) in [4.78, 5) is 8.69. The largest absolute Gasteiger partial charge is 0.396 e. The van der Waals surface area contributed by atoms with Gasteiger partial charge in [-0.05, 0) is 25.5 Å². The quantitative estimate of drug-likeness (QED) is 0.504. The van der Waals surface area contributed by atoms with Crippen molar-refractivity contribution in [1.82, 2.24) is 0 Å². The number of aliphatic hydroxyl groups is 3. The van der Waals surface area contributed by atoms with Gasteiger partial charge in [-0.2, -0.15) is 0 Å². The molecule has 0 spiro atoms. The van der Waals surface area contributed by atoms with Crippen LogP contribution in [0.4, 0.5) is 0 Å². The number of hydrogen-bond donors (Lipinski definition) is 3. The topological polar surface area (TPSA) is 77.8 Å². The van der Waals surface area contributed by atoms with Crippen LogP contribution in [-0.4, -0.2) is 41.4 Å². The van der Waals surface area contributed by atoms with Gasteiger partial charge in [0, 0.05) is 46.0 Å². The normalized spacial score (nSPS) is 7.26. The van der Waals surface area contributed by atoms with Gasteiger partial charge in [-0.15, -0.1) is 0 Å². The first-order valence-corrected chi connectivity index (χ1v) is 6.71. The van der Waals surface area contributed by atoms with E-state index in [4.69, 9.17) is 20.1 Å². The van der Waals surface area contributed by atoms with E-state index in [0.717, 1.165) is 38.5 Å². The summed E-state index contributed by atoms with van der Waals surface area (Å²) in [5.74, 6) is 0. The molecule has 0 aromatic carbocycles. The third-order valence-electron chi connectivity index (χ3n) is 1.54. The van der Waals surface area contributed by atoms with E-state index >= 15 is 0 Å². The van der Waals surface area contributed by atoms with Gasteiger partial charge in [0.15, 0.2) is 0 Å². The monoisotopic (exact) mass is 355 g/mol. The molecule has 0 amide bonds. The third-order valence-corrected chi connectivity index (χ3v) is 1.54. The molecule has 0 aliphatic carbocycles. The maximum Gasteiger partial charge on any atom is 0.0430 e. The van der Waals surface area contributed by atoms with Crippen LogP contribution in [-0.2, 0) is 31.0 Å². The first-order valence-electron chi connectivity index (χ1n) is 6.71. The van der Waals surface area contributed by atoms with Gasteiger partial charge in [-0.3, -0.25) is 0 Å². The molecule has 0 saturated carbocycles. The summed E-state index contributed by atoms with van der Waals surface area (Å²) in [5.41, 5.74) is 0. The van der Waals surface area contributed by atoms with E-state index in [1.165, 1.54) is 0 Å². The van der Waals surface area contributed by atoms with E-state index in [1.807, 2.05) is 0 Å². The fourth-order valence-corrected chi connectivity index (χ4v) is 0.474. The maximum atomic E-state index is 8.69. The number of hydrogen-bond acceptors (Lipinski definition) is 4. The van der Waals surface area contributed by atoms with Crippen molar-refractivity contribution < 1.29 is 46.3 Å². The molecular weight excluding hydrogens is 323 g/mol. The van der Waals surface area contributed by atoms with Crippen molar-refractivity contribution in [2.24, 2.45) is 0 Å². The van der Waals surface area contributed by atoms with Crippen LogP contribution in [0.2, 0.25) is 0 Å². The van der Waals surface area contributed by atoms with E-state index in [-0.39, 0.29) is 26.2 Å². The van der Waals surface area contributed by atoms with Crippen molar-refractivity contribution in [3.63, 3.8) is 0 Å². The van der Waals surface area contributed by atoms with Crippen molar-refractivity contribution >= 4 is 6.29 Å². The van der Waals surface area contributed by atoms with Crippen LogP contribution < -0.4 is 0 Å². The zero-order chi connectivity index (χ0) is 15.1. The Bertz CT molecular complexity index is 83.2. The Morgan fingerprint density at radius 3 is 0.947 bits per heavy atom. The number of aldehydes is 1. The van der Waals surface area contributed by atoms with Gasteiger partial charge in [0.05, 0.1) is 0 Å². The van der Waals surface area contributed by atoms with Gasteiger partial charge in [-0.1, -0.05) is 40.0 Å². The fourth-order valence-electron chi connectivity index (χ4n) is 0.474. The molecular formula is C14H33O4Zr-. The SMILES string of the molecule is CCCCO.CCCCO.CCCCO.[CH2-]C=O.[Zr]. The second-order valence-corrected chi connectivity index (χ2v) is 3.40. The molecule has 19 heavy (non-hydrogen) atoms. The minimum absolute atomic E-state index is 0. The summed E-state index contributed by atoms with van der Waals surface area (Å²) in [6.07, 6.45) is 6.61. The van der Waals surface area contributed by atoms with Crippen molar-refractivity contribution in [3.05, 3.63) is 6.92 Å². The summed E-state index contributed by atoms with van der Waals surface area (Å²) in [6.45, 7) is 9.99. The zero-order valence-corrected chi connectivity index (χ0v) is 15.4. The molecule has 0 radical (unpaired) electrons. The molecule has 0 fully saturated rings. The Kier molecular flexibility index (Phi) is 85.9. The van der Waals surface area contributed by atoms with Crippen LogP contribution in [0.5, 0.6) is 0 Å². The smallest absolute Gasteiger partial charge is 0.0430 e. The predicted octanol–water partition coefficient (Wildman–Crippen LogP) is 2.35. The molecule has 0 atom stereocenters. The van der Waals surface area contributed by atoms with Crippen LogP contribution in [0.15, 0.2) is 0 Å². The van der Waals surface area contributed by atoms with Crippen LogP contribution >= 0.6 is 0 Å². The van der Waals surface area contributed by atoms with Gasteiger partial charge < -0.3 is 27.0 Å². The molecule has 0 heterocycles. The minimum atomic E-state index is 0. The van der Waals surface area contributed by atoms with Gasteiger partial charge in [-0.25, -0.2) is 0 Å². The van der Waals surface area contributed by atoms with E-state index in [1.54, 1.807) is 0 Å². The van der Waals surface area contributed by atoms with Crippen LogP contribution in [0.1, 0.15) is 59.3 Å². The molecule has 0 aliphatic heterocycles. The molecule has 5 heteroatoms. The van der Waals surface area contributed by atoms with E-state index in [0.29, 0.717) is 26.1 Å². The molecule has 0 aromatic heterocycles. The number of carbonyl (C=O) groups excluding carboxylic acids is 1. The number of carbonyl (C=O) groups is 1. The fraction of sp³-hybridized carbons (Fsp3) is 0.857. The summed E-state index contributed by atoms with van der Waals surface area (Å²) < 4.78 is 0. The first kappa shape index (κ1) is 31.6. The zero-order valence-electron chi connectivity index (χ0n) is 12.9. The Labute approximate surface area is 138 Å². The average molecular weight is 357 g/mol. The van der Waals surface area contributed by atoms with E-state index < -0.39 is 0 Å². The molecule has 4 nitrogen and oxygen atoms in total. The Hall–Kier alpha value is 0.303. The maximum absolute atomic E-state index is 8.69. The third kappa shape index (κ3) is 122. The van der Waals surface area contributed by atoms with Crippen molar-refractivity contribution in [3.8, 4) is 0 Å². The van der Waals surface area contributed by atoms with E-state index in [2.05, 4.69) is 27.7 Å². The summed E-state index contributed by atoms with van der Waals surface area (Å²) in [5, 5.41) is 24.2. The van der Waals surface area contributed by atoms with Gasteiger partial charge >= 0.3 is 0 Å². The predicted molar refractivity (Wildman–Crippen MR) is 77.4 cm³/mol. The van der Waals surface area contributed by atoms with Crippen molar-refractivity contribution in [2.45, 2.75) is 59.3 Å². The molecule has 0 unspecified atom stereocenters. The van der Waals surface area contributed by atoms with Crippen LogP contribution in [0.25, 0.3) is 0 Å². The average Bonchev–Trinajstić information content (AvgIpc) is 2.35. The number of rotatable bonds is 6. The van der Waals surface area contributed by atoms with Crippen molar-refractivity contribution in [2.75, 3.05) is 19.8 Å². The number of unbranched alkanes of at least 4 members (excludes halogenated alkanes) is 3. The molecule has 118 valence electrons. The molecule has 0 aromatic rings. The molecule has 0 saturated heterocycles. The summed E-state index contributed by atoms with van der Waals surface area (Å²) in [7, 11) is 0. The standard InChI is InChI=1S/3C4H10O.C2H3O.Zr/c3*1-2-3-4-5;1-2-3;/h3*5H,2-4H2,1H3;2H,1H2;/q;;;-1;. The Morgan fingerprint density at radius 2 is 0.947 bits per heavy atom. The Balaban J connectivity index is -0.0000000458. The molecule has 0 rings (SSSR count). The summed E-state index contributed by atoms with van der Waals surface area (Å²) in [6, 6.07) is 0. The Morgan fingerprint density at radius 1 is 0.789 bits per heavy atom. The van der Waals surface area contributed by atoms with Crippen molar-refractivity contribution in [1.29, 1.82) is 0 Å². The second kappa shape index (κ2) is 51.6. The van der Waals surface area contributed by atoms with Gasteiger partial charge in [0.2, 0.25) is 0 Å². The van der Waals surface area contributed by atoms with Crippen LogP contribution in [0.3, 0.4) is 0 Å². The molecule has 3 N–H and O–H groups in total. The summed E-state index contributed by atoms with van der Waals surface area (Å²) >= 11 is 0. The van der Waals surface area contributed by atoms with E-state index in [9.17, 15) is 0 Å². The first-order chi connectivity index (χ1) is 8.66. The molecule has 0 aliphatic rings. The second-order valence-electron chi connectivity index (χ2n) is 3.40. The molecule has 0 bridgehead atoms. The van der Waals surface area contributed by atoms with Gasteiger partial charge in [0.25, 0.3) is 0 Å². The van der Waals surface area contributed by atoms with Gasteiger partial charge in [0.1, 0.15) is 0 Å². The number of aliphatic hydroxyl groups excluding tert-OH is 3. The van der Waals surface area contributed by atoms with Crippen LogP contribution in [0, 0.1) is 6.92 Å². The minimum Gasteiger partial charge on any atom is -0.396 e.